The van der Waals surface area contributed by atoms with Crippen molar-refractivity contribution in [2.45, 2.75) is 0 Å². The van der Waals surface area contributed by atoms with E-state index in [1.54, 1.807) is 29.1 Å². The third kappa shape index (κ3) is 1.41. The van der Waals surface area contributed by atoms with E-state index < -0.39 is 6.03 Å². The van der Waals surface area contributed by atoms with Crippen LogP contribution in [0.5, 0.6) is 0 Å². The first-order valence-electron chi connectivity index (χ1n) is 3.62. The number of anilines is 1. The number of nitrogens with zero attached hydrogens (tertiary/aromatic N) is 3. The summed E-state index contributed by atoms with van der Waals surface area (Å²) in [5, 5.41) is 2.36. The third-order valence-electron chi connectivity index (χ3n) is 1.51. The highest BCUT2D eigenvalue weighted by molar-refractivity contribution is 5.86. The van der Waals surface area contributed by atoms with Crippen LogP contribution >= 0.6 is 0 Å². The van der Waals surface area contributed by atoms with Gasteiger partial charge < -0.3 is 5.73 Å². The molecule has 0 saturated heterocycles. The average molecular weight is 177 g/mol. The van der Waals surface area contributed by atoms with Gasteiger partial charge in [0, 0.05) is 18.6 Å². The summed E-state index contributed by atoms with van der Waals surface area (Å²) in [5.74, 6) is 0.914. The second kappa shape index (κ2) is 2.74. The number of fused-ring (bicyclic) bond motifs is 1. The fourth-order valence-electron chi connectivity index (χ4n) is 1.000. The monoisotopic (exact) mass is 177 g/mol. The Balaban J connectivity index is 2.42. The molecule has 2 amide bonds. The fraction of sp³-hybridized carbons (Fsp3) is 0. The van der Waals surface area contributed by atoms with E-state index in [0.717, 1.165) is 0 Å². The minimum absolute atomic E-state index is 0.395. The number of imidazole rings is 1. The normalized spacial score (nSPS) is 10.2. The molecule has 0 aliphatic carbocycles. The molecule has 0 radical (unpaired) electrons. The number of carbonyl (C=O) groups excluding carboxylic acids is 1. The molecule has 0 saturated carbocycles. The van der Waals surface area contributed by atoms with E-state index in [9.17, 15) is 4.79 Å². The van der Waals surface area contributed by atoms with Crippen LogP contribution < -0.4 is 11.1 Å². The van der Waals surface area contributed by atoms with E-state index in [1.807, 2.05) is 0 Å². The summed E-state index contributed by atoms with van der Waals surface area (Å²) in [6, 6.07) is 1.00. The van der Waals surface area contributed by atoms with Crippen molar-refractivity contribution in [1.29, 1.82) is 0 Å². The average Bonchev–Trinajstić information content (AvgIpc) is 2.49. The molecule has 0 atom stereocenters. The van der Waals surface area contributed by atoms with Gasteiger partial charge in [0.2, 0.25) is 5.78 Å². The Morgan fingerprint density at radius 1 is 1.54 bits per heavy atom. The second-order valence-electron chi connectivity index (χ2n) is 2.44. The topological polar surface area (TPSA) is 85.3 Å². The predicted octanol–water partition coefficient (Wildman–Crippen LogP) is 0.220. The van der Waals surface area contributed by atoms with Gasteiger partial charge in [-0.2, -0.15) is 4.98 Å². The molecule has 0 aromatic carbocycles. The van der Waals surface area contributed by atoms with Crippen molar-refractivity contribution in [3.63, 3.8) is 0 Å². The van der Waals surface area contributed by atoms with Gasteiger partial charge in [0.05, 0.1) is 0 Å². The van der Waals surface area contributed by atoms with E-state index in [-0.39, 0.29) is 0 Å². The Labute approximate surface area is 73.4 Å². The van der Waals surface area contributed by atoms with Gasteiger partial charge in [0.25, 0.3) is 0 Å². The lowest BCUT2D eigenvalue weighted by atomic mass is 10.6. The molecule has 6 heteroatoms. The van der Waals surface area contributed by atoms with Crippen LogP contribution in [0, 0.1) is 0 Å². The molecule has 2 heterocycles. The van der Waals surface area contributed by atoms with Crippen molar-refractivity contribution in [2.75, 3.05) is 5.32 Å². The number of aromatic nitrogens is 3. The summed E-state index contributed by atoms with van der Waals surface area (Å²) >= 11 is 0. The van der Waals surface area contributed by atoms with Crippen molar-refractivity contribution in [3.8, 4) is 0 Å². The molecule has 0 aliphatic rings. The quantitative estimate of drug-likeness (QED) is 0.653. The van der Waals surface area contributed by atoms with Crippen LogP contribution in [0.2, 0.25) is 0 Å². The maximum atomic E-state index is 10.5. The van der Waals surface area contributed by atoms with Crippen LogP contribution in [-0.2, 0) is 0 Å². The first-order valence-corrected chi connectivity index (χ1v) is 3.62. The molecule has 13 heavy (non-hydrogen) atoms. The number of urea groups is 1. The van der Waals surface area contributed by atoms with Gasteiger partial charge >= 0.3 is 6.03 Å². The van der Waals surface area contributed by atoms with Crippen molar-refractivity contribution in [1.82, 2.24) is 14.4 Å². The van der Waals surface area contributed by atoms with Gasteiger partial charge in [-0.15, -0.1) is 0 Å². The minimum atomic E-state index is -0.636. The summed E-state index contributed by atoms with van der Waals surface area (Å²) in [7, 11) is 0. The number of hydrogen-bond acceptors (Lipinski definition) is 3. The molecule has 0 spiro atoms. The van der Waals surface area contributed by atoms with Gasteiger partial charge in [0.1, 0.15) is 5.82 Å². The van der Waals surface area contributed by atoms with Crippen molar-refractivity contribution in [2.24, 2.45) is 5.73 Å². The van der Waals surface area contributed by atoms with Crippen molar-refractivity contribution in [3.05, 3.63) is 24.7 Å². The van der Waals surface area contributed by atoms with E-state index >= 15 is 0 Å². The summed E-state index contributed by atoms with van der Waals surface area (Å²) in [6.07, 6.45) is 5.12. The third-order valence-corrected chi connectivity index (χ3v) is 1.51. The zero-order chi connectivity index (χ0) is 9.26. The molecular formula is C7H7N5O. The molecule has 0 aliphatic heterocycles. The molecule has 66 valence electrons. The minimum Gasteiger partial charge on any atom is -0.351 e. The Morgan fingerprint density at radius 2 is 2.38 bits per heavy atom. The molecular weight excluding hydrogens is 170 g/mol. The largest absolute Gasteiger partial charge is 0.351 e. The number of hydrogen-bond donors (Lipinski definition) is 2. The maximum absolute atomic E-state index is 10.5. The summed E-state index contributed by atoms with van der Waals surface area (Å²) in [4.78, 5) is 18.4. The van der Waals surface area contributed by atoms with E-state index in [1.165, 1.54) is 0 Å². The van der Waals surface area contributed by atoms with Crippen molar-refractivity contribution >= 4 is 17.6 Å². The van der Waals surface area contributed by atoms with Gasteiger partial charge in [-0.1, -0.05) is 0 Å². The van der Waals surface area contributed by atoms with E-state index in [4.69, 9.17) is 5.73 Å². The number of nitrogens with one attached hydrogen (secondary N) is 1. The molecule has 2 rings (SSSR count). The van der Waals surface area contributed by atoms with Crippen LogP contribution in [0.25, 0.3) is 5.78 Å². The van der Waals surface area contributed by atoms with Crippen molar-refractivity contribution < 1.29 is 4.79 Å². The highest BCUT2D eigenvalue weighted by Gasteiger charge is 1.99. The molecule has 2 aromatic heterocycles. The van der Waals surface area contributed by atoms with Gasteiger partial charge in [-0.25, -0.2) is 9.78 Å². The number of carbonyl (C=O) groups is 1. The highest BCUT2D eigenvalue weighted by Crippen LogP contribution is 2.03. The van der Waals surface area contributed by atoms with Crippen LogP contribution in [0.4, 0.5) is 10.6 Å². The van der Waals surface area contributed by atoms with E-state index in [0.29, 0.717) is 11.6 Å². The van der Waals surface area contributed by atoms with Gasteiger partial charge in [-0.05, 0) is 6.07 Å². The zero-order valence-electron chi connectivity index (χ0n) is 6.64. The van der Waals surface area contributed by atoms with Crippen LogP contribution in [0.3, 0.4) is 0 Å². The molecule has 2 aromatic rings. The lowest BCUT2D eigenvalue weighted by Gasteiger charge is -1.99. The van der Waals surface area contributed by atoms with Crippen LogP contribution in [0.15, 0.2) is 24.7 Å². The Hall–Kier alpha value is -2.11. The zero-order valence-corrected chi connectivity index (χ0v) is 6.64. The number of amides is 2. The fourth-order valence-corrected chi connectivity index (χ4v) is 1.000. The first-order chi connectivity index (χ1) is 6.25. The summed E-state index contributed by atoms with van der Waals surface area (Å²) in [6.45, 7) is 0. The SMILES string of the molecule is NC(=O)Nc1ccn2ccnc2n1. The Bertz CT molecular complexity index is 449. The standard InChI is InChI=1S/C7H7N5O/c8-6(13)10-5-1-3-12-4-2-9-7(12)11-5/h1-4H,(H3,8,9,10,11,13). The maximum Gasteiger partial charge on any atom is 0.317 e. The number of nitrogens with two attached hydrogens (primary N) is 1. The molecule has 0 unspecified atom stereocenters. The van der Waals surface area contributed by atoms with Gasteiger partial charge in [-0.3, -0.25) is 9.72 Å². The second-order valence-corrected chi connectivity index (χ2v) is 2.44. The smallest absolute Gasteiger partial charge is 0.317 e. The summed E-state index contributed by atoms with van der Waals surface area (Å²) in [5.41, 5.74) is 4.93. The molecule has 0 bridgehead atoms. The molecule has 3 N–H and O–H groups in total. The Kier molecular flexibility index (Phi) is 1.59. The lowest BCUT2D eigenvalue weighted by Crippen LogP contribution is -2.20. The predicted molar refractivity (Wildman–Crippen MR) is 46.2 cm³/mol. The molecule has 0 fully saturated rings. The number of primary amides is 1. The number of rotatable bonds is 1. The van der Waals surface area contributed by atoms with E-state index in [2.05, 4.69) is 15.3 Å². The van der Waals surface area contributed by atoms with Crippen LogP contribution in [0.1, 0.15) is 0 Å². The lowest BCUT2D eigenvalue weighted by molar-refractivity contribution is 0.259. The first kappa shape index (κ1) is 7.53. The highest BCUT2D eigenvalue weighted by atomic mass is 16.2. The van der Waals surface area contributed by atoms with Crippen LogP contribution in [-0.4, -0.2) is 20.4 Å². The molecule has 6 nitrogen and oxygen atoms in total. The Morgan fingerprint density at radius 3 is 3.15 bits per heavy atom. The van der Waals surface area contributed by atoms with Gasteiger partial charge in [0.15, 0.2) is 0 Å². The summed E-state index contributed by atoms with van der Waals surface area (Å²) < 4.78 is 1.73.